The maximum Gasteiger partial charge on any atom is 0.247 e. The van der Waals surface area contributed by atoms with Crippen molar-refractivity contribution in [1.29, 1.82) is 0 Å². The second-order valence-electron chi connectivity index (χ2n) is 11.4. The maximum absolute atomic E-state index is 14.4. The maximum atomic E-state index is 14.4. The fourth-order valence-corrected chi connectivity index (χ4v) is 9.72. The molecule has 0 saturated carbocycles. The molecule has 0 aliphatic carbocycles. The lowest BCUT2D eigenvalue weighted by Gasteiger charge is -2.42. The summed E-state index contributed by atoms with van der Waals surface area (Å²) in [4.78, 5) is 48.2. The van der Waals surface area contributed by atoms with E-state index in [1.807, 2.05) is 43.0 Å². The number of ether oxygens (including phenoxy) is 1. The molecule has 1 N–H and O–H groups in total. The summed E-state index contributed by atoms with van der Waals surface area (Å²) in [7, 11) is 0. The smallest absolute Gasteiger partial charge is 0.247 e. The predicted octanol–water partition coefficient (Wildman–Crippen LogP) is 4.14. The highest BCUT2D eigenvalue weighted by atomic mass is 32.2. The Bertz CT molecular complexity index is 1140. The van der Waals surface area contributed by atoms with Crippen LogP contribution < -0.4 is 9.64 Å². The first-order valence-electron chi connectivity index (χ1n) is 14.9. The van der Waals surface area contributed by atoms with E-state index in [-0.39, 0.29) is 48.1 Å². The van der Waals surface area contributed by atoms with Crippen LogP contribution in [0.1, 0.15) is 47.0 Å². The van der Waals surface area contributed by atoms with Crippen LogP contribution in [0.4, 0.5) is 5.69 Å². The normalized spacial score (nSPS) is 28.8. The Balaban J connectivity index is 1.74. The summed E-state index contributed by atoms with van der Waals surface area (Å²) in [6, 6.07) is 6.62. The van der Waals surface area contributed by atoms with E-state index in [1.54, 1.807) is 33.7 Å². The third kappa shape index (κ3) is 5.31. The lowest BCUT2D eigenvalue weighted by Crippen LogP contribution is -2.59. The Morgan fingerprint density at radius 1 is 1.20 bits per heavy atom. The minimum atomic E-state index is -0.743. The number of nitrogens with zero attached hydrogens (tertiary/aromatic N) is 3. The van der Waals surface area contributed by atoms with Crippen LogP contribution in [0, 0.1) is 17.8 Å². The van der Waals surface area contributed by atoms with E-state index >= 15 is 0 Å². The van der Waals surface area contributed by atoms with Gasteiger partial charge in [-0.05, 0) is 56.9 Å². The van der Waals surface area contributed by atoms with Crippen LogP contribution in [-0.2, 0) is 14.4 Å². The van der Waals surface area contributed by atoms with E-state index in [9.17, 15) is 19.5 Å². The summed E-state index contributed by atoms with van der Waals surface area (Å²) >= 11 is 1.65. The van der Waals surface area contributed by atoms with Crippen LogP contribution in [-0.4, -0.2) is 87.6 Å². The molecule has 3 saturated heterocycles. The van der Waals surface area contributed by atoms with E-state index in [2.05, 4.69) is 27.0 Å². The zero-order valence-electron chi connectivity index (χ0n) is 24.8. The van der Waals surface area contributed by atoms with E-state index in [1.165, 1.54) is 0 Å². The predicted molar refractivity (Wildman–Crippen MR) is 164 cm³/mol. The van der Waals surface area contributed by atoms with Crippen LogP contribution in [0.3, 0.4) is 0 Å². The number of β-amino-alcohol motifs (C(OH)–C–C–N with tert-alkyl or cyclic N) is 1. The van der Waals surface area contributed by atoms with E-state index in [0.717, 1.165) is 25.0 Å². The van der Waals surface area contributed by atoms with E-state index in [4.69, 9.17) is 4.74 Å². The molecule has 1 aromatic carbocycles. The van der Waals surface area contributed by atoms with Crippen molar-refractivity contribution in [3.8, 4) is 5.75 Å². The van der Waals surface area contributed by atoms with Gasteiger partial charge in [-0.15, -0.1) is 24.9 Å². The monoisotopic (exact) mass is 583 g/mol. The highest BCUT2D eigenvalue weighted by Gasteiger charge is 2.76. The first-order chi connectivity index (χ1) is 19.7. The van der Waals surface area contributed by atoms with Crippen molar-refractivity contribution in [2.24, 2.45) is 17.8 Å². The van der Waals surface area contributed by atoms with Gasteiger partial charge >= 0.3 is 0 Å². The molecule has 41 heavy (non-hydrogen) atoms. The Morgan fingerprint density at radius 2 is 1.88 bits per heavy atom. The number of aliphatic hydroxyl groups excluding tert-OH is 1. The van der Waals surface area contributed by atoms with Gasteiger partial charge < -0.3 is 24.5 Å². The quantitative estimate of drug-likeness (QED) is 0.331. The van der Waals surface area contributed by atoms with Gasteiger partial charge in [0, 0.05) is 36.6 Å². The summed E-state index contributed by atoms with van der Waals surface area (Å²) in [6.07, 6.45) is 5.93. The summed E-state index contributed by atoms with van der Waals surface area (Å²) in [5, 5.41) is 9.90. The third-order valence-electron chi connectivity index (χ3n) is 8.99. The number of amides is 3. The second-order valence-corrected chi connectivity index (χ2v) is 12.9. The number of thioether (sulfide) groups is 1. The average molecular weight is 584 g/mol. The van der Waals surface area contributed by atoms with E-state index in [0.29, 0.717) is 25.4 Å². The zero-order valence-corrected chi connectivity index (χ0v) is 25.6. The molecule has 4 unspecified atom stereocenters. The summed E-state index contributed by atoms with van der Waals surface area (Å²) in [5.41, 5.74) is 0.712. The Kier molecular flexibility index (Phi) is 9.90. The van der Waals surface area contributed by atoms with Crippen molar-refractivity contribution in [2.75, 3.05) is 37.7 Å². The highest BCUT2D eigenvalue weighted by molar-refractivity contribution is 8.02. The van der Waals surface area contributed by atoms with Gasteiger partial charge in [0.05, 0.1) is 29.8 Å². The molecule has 3 aliphatic rings. The molecule has 0 aromatic heterocycles. The molecule has 224 valence electrons. The van der Waals surface area contributed by atoms with Gasteiger partial charge in [0.15, 0.2) is 0 Å². The van der Waals surface area contributed by atoms with Gasteiger partial charge in [-0.3, -0.25) is 14.4 Å². The molecule has 9 heteroatoms. The minimum absolute atomic E-state index is 0.0221. The fourth-order valence-electron chi connectivity index (χ4n) is 7.31. The minimum Gasteiger partial charge on any atom is -0.494 e. The molecular formula is C32H45N3O5S. The van der Waals surface area contributed by atoms with E-state index < -0.39 is 22.6 Å². The number of aliphatic hydroxyl groups is 1. The van der Waals surface area contributed by atoms with Crippen molar-refractivity contribution in [3.05, 3.63) is 49.6 Å². The number of anilines is 1. The summed E-state index contributed by atoms with van der Waals surface area (Å²) in [6.45, 7) is 16.9. The molecule has 2 bridgehead atoms. The SMILES string of the molecule is C=CCN(C(=O)[C@@H]1[C@@H]2CC(C)C3(S2)C(C(=O)N(CC=C)C(C)CCC)N(CCO)C(=O)[C@H]13)c1ccc(OCC)cc1. The Hall–Kier alpha value is -2.78. The van der Waals surface area contributed by atoms with Crippen LogP contribution >= 0.6 is 11.8 Å². The summed E-state index contributed by atoms with van der Waals surface area (Å²) < 4.78 is 4.84. The lowest BCUT2D eigenvalue weighted by molar-refractivity contribution is -0.144. The van der Waals surface area contributed by atoms with Gasteiger partial charge in [0.1, 0.15) is 11.8 Å². The molecule has 3 fully saturated rings. The number of hydrogen-bond acceptors (Lipinski definition) is 6. The molecule has 1 aromatic rings. The second kappa shape index (κ2) is 13.0. The molecule has 8 nitrogen and oxygen atoms in total. The van der Waals surface area contributed by atoms with Crippen LogP contribution in [0.2, 0.25) is 0 Å². The fraction of sp³-hybridized carbons (Fsp3) is 0.594. The van der Waals surface area contributed by atoms with Gasteiger partial charge in [-0.1, -0.05) is 32.4 Å². The Labute approximate surface area is 248 Å². The zero-order chi connectivity index (χ0) is 29.9. The first kappa shape index (κ1) is 31.2. The standard InChI is InChI=1S/C32H45N3O5S/c1-7-11-22(6)33(16-8-2)31(39)28-32-21(5)20-25(41-32)26(27(32)30(38)35(28)18-19-36)29(37)34(17-9-3)23-12-14-24(15-13-23)40-10-4/h8-9,12-15,21-22,25-28,36H,2-3,7,10-11,16-20H2,1,4-6H3/t21?,22?,25-,26+,27-,28?,32?/m0/s1. The topological polar surface area (TPSA) is 90.4 Å². The van der Waals surface area contributed by atoms with Gasteiger partial charge in [0.25, 0.3) is 0 Å². The van der Waals surface area contributed by atoms with Gasteiger partial charge in [-0.2, -0.15) is 0 Å². The summed E-state index contributed by atoms with van der Waals surface area (Å²) in [5.74, 6) is -0.885. The van der Waals surface area contributed by atoms with Crippen molar-refractivity contribution < 1.29 is 24.2 Å². The van der Waals surface area contributed by atoms with Gasteiger partial charge in [0.2, 0.25) is 17.7 Å². The molecule has 0 radical (unpaired) electrons. The number of carbonyl (C=O) groups excluding carboxylic acids is 3. The van der Waals surface area contributed by atoms with Crippen molar-refractivity contribution in [2.45, 2.75) is 69.0 Å². The molecule has 7 atom stereocenters. The molecular weight excluding hydrogens is 538 g/mol. The number of fused-ring (bicyclic) bond motifs is 1. The molecule has 3 heterocycles. The number of rotatable bonds is 14. The molecule has 4 rings (SSSR count). The van der Waals surface area contributed by atoms with Crippen molar-refractivity contribution in [3.63, 3.8) is 0 Å². The highest BCUT2D eigenvalue weighted by Crippen LogP contribution is 2.69. The lowest BCUT2D eigenvalue weighted by atomic mass is 9.65. The number of benzene rings is 1. The van der Waals surface area contributed by atoms with Crippen molar-refractivity contribution >= 4 is 35.2 Å². The number of hydrogen-bond donors (Lipinski definition) is 1. The van der Waals surface area contributed by atoms with Gasteiger partial charge in [-0.25, -0.2) is 0 Å². The average Bonchev–Trinajstić information content (AvgIpc) is 3.54. The third-order valence-corrected chi connectivity index (χ3v) is 11.1. The number of likely N-dealkylation sites (tertiary alicyclic amines) is 1. The first-order valence-corrected chi connectivity index (χ1v) is 15.7. The largest absolute Gasteiger partial charge is 0.494 e. The molecule has 1 spiro atoms. The Morgan fingerprint density at radius 3 is 2.46 bits per heavy atom. The molecule has 3 aliphatic heterocycles. The van der Waals surface area contributed by atoms with Crippen LogP contribution in [0.15, 0.2) is 49.6 Å². The van der Waals surface area contributed by atoms with Crippen molar-refractivity contribution in [1.82, 2.24) is 9.80 Å². The number of carbonyl (C=O) groups is 3. The van der Waals surface area contributed by atoms with Crippen LogP contribution in [0.5, 0.6) is 5.75 Å². The molecule has 3 amide bonds. The van der Waals surface area contributed by atoms with Crippen LogP contribution in [0.25, 0.3) is 0 Å².